The van der Waals surface area contributed by atoms with E-state index in [0.29, 0.717) is 12.1 Å². The van der Waals surface area contributed by atoms with E-state index in [-0.39, 0.29) is 0 Å². The van der Waals surface area contributed by atoms with E-state index in [1.54, 1.807) is 0 Å². The van der Waals surface area contributed by atoms with Crippen LogP contribution in [0.25, 0.3) is 0 Å². The largest absolute Gasteiger partial charge is 0.361 e. The Kier molecular flexibility index (Phi) is 3.85. The Bertz CT molecular complexity index is 321. The Labute approximate surface area is 115 Å². The average molecular weight is 267 g/mol. The fraction of sp³-hybridized carbons (Fsp3) is 0.929. The Morgan fingerprint density at radius 3 is 2.78 bits per heavy atom. The summed E-state index contributed by atoms with van der Waals surface area (Å²) < 4.78 is 0. The summed E-state index contributed by atoms with van der Waals surface area (Å²) >= 11 is 1.93. The van der Waals surface area contributed by atoms with Gasteiger partial charge in [0.2, 0.25) is 0 Å². The van der Waals surface area contributed by atoms with Crippen molar-refractivity contribution in [3.8, 4) is 0 Å². The SMILES string of the molecule is CC(C)CC1CSC(=NC2CN3CCC2CC3)N1. The molecule has 4 aliphatic rings. The molecule has 2 atom stereocenters. The molecule has 0 amide bonds. The van der Waals surface area contributed by atoms with Crippen LogP contribution in [0.5, 0.6) is 0 Å². The third kappa shape index (κ3) is 2.85. The van der Waals surface area contributed by atoms with Gasteiger partial charge in [0.05, 0.1) is 6.04 Å². The maximum Gasteiger partial charge on any atom is 0.157 e. The number of fused-ring (bicyclic) bond motifs is 3. The quantitative estimate of drug-likeness (QED) is 0.849. The van der Waals surface area contributed by atoms with Crippen LogP contribution in [0.4, 0.5) is 0 Å². The number of hydrogen-bond acceptors (Lipinski definition) is 3. The van der Waals surface area contributed by atoms with Crippen LogP contribution in [0.1, 0.15) is 33.1 Å². The second-order valence-electron chi connectivity index (χ2n) is 6.42. The molecule has 4 fully saturated rings. The molecule has 1 N–H and O–H groups in total. The predicted molar refractivity (Wildman–Crippen MR) is 79.2 cm³/mol. The van der Waals surface area contributed by atoms with E-state index in [1.165, 1.54) is 49.8 Å². The van der Waals surface area contributed by atoms with Crippen LogP contribution in [0, 0.1) is 11.8 Å². The maximum absolute atomic E-state index is 5.00. The van der Waals surface area contributed by atoms with Crippen LogP contribution in [0.3, 0.4) is 0 Å². The number of aliphatic imine (C=N–C) groups is 1. The molecule has 4 saturated heterocycles. The van der Waals surface area contributed by atoms with Crippen LogP contribution >= 0.6 is 11.8 Å². The minimum Gasteiger partial charge on any atom is -0.361 e. The van der Waals surface area contributed by atoms with Gasteiger partial charge in [-0.15, -0.1) is 0 Å². The molecule has 0 spiro atoms. The van der Waals surface area contributed by atoms with Crippen LogP contribution in [-0.4, -0.2) is 47.5 Å². The molecule has 2 bridgehead atoms. The van der Waals surface area contributed by atoms with Crippen LogP contribution in [0.2, 0.25) is 0 Å². The van der Waals surface area contributed by atoms with Gasteiger partial charge in [0.15, 0.2) is 5.17 Å². The van der Waals surface area contributed by atoms with E-state index in [4.69, 9.17) is 4.99 Å². The van der Waals surface area contributed by atoms with Gasteiger partial charge in [-0.1, -0.05) is 25.6 Å². The fourth-order valence-corrected chi connectivity index (χ4v) is 4.48. The number of piperidine rings is 3. The molecule has 4 aliphatic heterocycles. The second kappa shape index (κ2) is 5.41. The van der Waals surface area contributed by atoms with E-state index < -0.39 is 0 Å². The number of rotatable bonds is 3. The lowest BCUT2D eigenvalue weighted by molar-refractivity contribution is 0.0906. The monoisotopic (exact) mass is 267 g/mol. The van der Waals surface area contributed by atoms with Gasteiger partial charge < -0.3 is 10.2 Å². The zero-order chi connectivity index (χ0) is 12.5. The van der Waals surface area contributed by atoms with Gasteiger partial charge in [0.1, 0.15) is 0 Å². The molecule has 2 unspecified atom stereocenters. The van der Waals surface area contributed by atoms with E-state index in [9.17, 15) is 0 Å². The number of amidine groups is 1. The third-order valence-corrected chi connectivity index (χ3v) is 5.48. The van der Waals surface area contributed by atoms with Gasteiger partial charge in [-0.3, -0.25) is 4.99 Å². The van der Waals surface area contributed by atoms with Crippen LogP contribution in [0.15, 0.2) is 4.99 Å². The molecular weight excluding hydrogens is 242 g/mol. The standard InChI is InChI=1S/C14H25N3S/c1-10(2)7-12-9-18-14(15-12)16-13-8-17-5-3-11(13)4-6-17/h10-13H,3-9H2,1-2H3,(H,15,16). The second-order valence-corrected chi connectivity index (χ2v) is 7.43. The van der Waals surface area contributed by atoms with Crippen molar-refractivity contribution < 1.29 is 0 Å². The van der Waals surface area contributed by atoms with E-state index in [2.05, 4.69) is 24.1 Å². The lowest BCUT2D eigenvalue weighted by Crippen LogP contribution is -2.50. The molecule has 0 aromatic heterocycles. The summed E-state index contributed by atoms with van der Waals surface area (Å²) in [6.45, 7) is 8.42. The number of nitrogens with zero attached hydrogens (tertiary/aromatic N) is 2. The average Bonchev–Trinajstić information content (AvgIpc) is 2.77. The van der Waals surface area contributed by atoms with Crippen molar-refractivity contribution in [2.24, 2.45) is 16.8 Å². The van der Waals surface area contributed by atoms with Gasteiger partial charge >= 0.3 is 0 Å². The molecule has 3 nitrogen and oxygen atoms in total. The van der Waals surface area contributed by atoms with E-state index in [0.717, 1.165) is 11.8 Å². The minimum atomic E-state index is 0.570. The highest BCUT2D eigenvalue weighted by molar-refractivity contribution is 8.14. The lowest BCUT2D eigenvalue weighted by atomic mass is 9.84. The Morgan fingerprint density at radius 1 is 1.39 bits per heavy atom. The zero-order valence-electron chi connectivity index (χ0n) is 11.6. The maximum atomic E-state index is 5.00. The molecule has 0 aromatic rings. The first-order valence-electron chi connectivity index (χ1n) is 7.40. The minimum absolute atomic E-state index is 0.570. The summed E-state index contributed by atoms with van der Waals surface area (Å²) in [4.78, 5) is 7.59. The van der Waals surface area contributed by atoms with Crippen molar-refractivity contribution in [1.82, 2.24) is 10.2 Å². The number of hydrogen-bond donors (Lipinski definition) is 1. The third-order valence-electron chi connectivity index (χ3n) is 4.41. The van der Waals surface area contributed by atoms with Crippen molar-refractivity contribution in [2.75, 3.05) is 25.4 Å². The van der Waals surface area contributed by atoms with Gasteiger partial charge in [-0.25, -0.2) is 0 Å². The van der Waals surface area contributed by atoms with Gasteiger partial charge in [-0.05, 0) is 44.2 Å². The molecule has 0 radical (unpaired) electrons. The highest BCUT2D eigenvalue weighted by Gasteiger charge is 2.34. The molecule has 102 valence electrons. The molecule has 0 aromatic carbocycles. The van der Waals surface area contributed by atoms with Crippen molar-refractivity contribution >= 4 is 16.9 Å². The first-order valence-corrected chi connectivity index (χ1v) is 8.39. The van der Waals surface area contributed by atoms with Crippen molar-refractivity contribution in [3.05, 3.63) is 0 Å². The normalized spacial score (nSPS) is 41.6. The number of nitrogens with one attached hydrogen (secondary N) is 1. The van der Waals surface area contributed by atoms with Gasteiger partial charge in [-0.2, -0.15) is 0 Å². The summed E-state index contributed by atoms with van der Waals surface area (Å²) in [7, 11) is 0. The zero-order valence-corrected chi connectivity index (χ0v) is 12.4. The van der Waals surface area contributed by atoms with E-state index >= 15 is 0 Å². The summed E-state index contributed by atoms with van der Waals surface area (Å²) in [5.74, 6) is 2.84. The molecule has 4 heteroatoms. The highest BCUT2D eigenvalue weighted by atomic mass is 32.2. The molecule has 4 rings (SSSR count). The Hall–Kier alpha value is -0.220. The highest BCUT2D eigenvalue weighted by Crippen LogP contribution is 2.30. The first kappa shape index (κ1) is 12.8. The summed E-state index contributed by atoms with van der Waals surface area (Å²) in [5, 5.41) is 4.85. The van der Waals surface area contributed by atoms with Crippen molar-refractivity contribution in [3.63, 3.8) is 0 Å². The first-order chi connectivity index (χ1) is 8.70. The fourth-order valence-electron chi connectivity index (χ4n) is 3.44. The van der Waals surface area contributed by atoms with Gasteiger partial charge in [0.25, 0.3) is 0 Å². The van der Waals surface area contributed by atoms with Crippen LogP contribution in [-0.2, 0) is 0 Å². The van der Waals surface area contributed by atoms with Crippen molar-refractivity contribution in [2.45, 2.75) is 45.2 Å². The molecule has 0 saturated carbocycles. The lowest BCUT2D eigenvalue weighted by Gasteiger charge is -2.43. The number of thioether (sulfide) groups is 1. The molecule has 18 heavy (non-hydrogen) atoms. The molecular formula is C14H25N3S. The predicted octanol–water partition coefficient (Wildman–Crippen LogP) is 2.19. The Balaban J connectivity index is 1.57. The summed E-state index contributed by atoms with van der Waals surface area (Å²) in [6, 6.07) is 1.22. The molecule has 4 heterocycles. The summed E-state index contributed by atoms with van der Waals surface area (Å²) in [5.41, 5.74) is 0. The van der Waals surface area contributed by atoms with Crippen molar-refractivity contribution in [1.29, 1.82) is 0 Å². The topological polar surface area (TPSA) is 27.6 Å². The van der Waals surface area contributed by atoms with Crippen LogP contribution < -0.4 is 5.32 Å². The smallest absolute Gasteiger partial charge is 0.157 e. The summed E-state index contributed by atoms with van der Waals surface area (Å²) in [6.07, 6.45) is 4.00. The van der Waals surface area contributed by atoms with Gasteiger partial charge in [0, 0.05) is 18.3 Å². The van der Waals surface area contributed by atoms with E-state index in [1.807, 2.05) is 11.8 Å². The Morgan fingerprint density at radius 2 is 2.17 bits per heavy atom. The molecule has 0 aliphatic carbocycles.